The van der Waals surface area contributed by atoms with Gasteiger partial charge in [-0.25, -0.2) is 0 Å². The van der Waals surface area contributed by atoms with Crippen LogP contribution in [0.1, 0.15) is 11.3 Å². The summed E-state index contributed by atoms with van der Waals surface area (Å²) in [6.45, 7) is 0. The molecular formula is C37H31NP2. The number of nitrogens with one attached hydrogen (secondary N) is 1. The molecule has 0 saturated heterocycles. The fourth-order valence-corrected chi connectivity index (χ4v) is 10.1. The molecule has 0 bridgehead atoms. The highest BCUT2D eigenvalue weighted by Crippen LogP contribution is 2.50. The molecule has 40 heavy (non-hydrogen) atoms. The van der Waals surface area contributed by atoms with Gasteiger partial charge in [-0.15, -0.1) is 0 Å². The lowest BCUT2D eigenvalue weighted by molar-refractivity contribution is 1.10. The van der Waals surface area contributed by atoms with E-state index in [1.54, 1.807) is 0 Å². The van der Waals surface area contributed by atoms with Crippen LogP contribution in [0.25, 0.3) is 0 Å². The van der Waals surface area contributed by atoms with E-state index in [4.69, 9.17) is 0 Å². The zero-order chi connectivity index (χ0) is 27.0. The van der Waals surface area contributed by atoms with Crippen LogP contribution in [-0.2, 0) is 0 Å². The molecule has 0 heterocycles. The molecule has 1 unspecified atom stereocenters. The van der Waals surface area contributed by atoms with Crippen LogP contribution in [-0.4, -0.2) is 0 Å². The number of hydrogen-bond donors (Lipinski definition) is 1. The first-order chi connectivity index (χ1) is 19.9. The van der Waals surface area contributed by atoms with Crippen LogP contribution in [0.2, 0.25) is 0 Å². The van der Waals surface area contributed by atoms with Crippen molar-refractivity contribution in [3.63, 3.8) is 0 Å². The summed E-state index contributed by atoms with van der Waals surface area (Å²) in [5, 5.41) is 10.9. The summed E-state index contributed by atoms with van der Waals surface area (Å²) in [6.07, 6.45) is 0. The van der Waals surface area contributed by atoms with Crippen molar-refractivity contribution in [1.29, 1.82) is 0 Å². The minimum absolute atomic E-state index is 0.0885. The number of anilines is 1. The Kier molecular flexibility index (Phi) is 8.45. The maximum atomic E-state index is 4.13. The summed E-state index contributed by atoms with van der Waals surface area (Å²) >= 11 is 0. The Labute approximate surface area is 240 Å². The van der Waals surface area contributed by atoms with Crippen LogP contribution in [0.4, 0.5) is 5.69 Å². The summed E-state index contributed by atoms with van der Waals surface area (Å²) in [5.41, 5.74) is 2.48. The normalized spacial score (nSPS) is 11.8. The number of para-hydroxylation sites is 1. The Morgan fingerprint density at radius 3 is 1.23 bits per heavy atom. The van der Waals surface area contributed by atoms with Crippen molar-refractivity contribution in [1.82, 2.24) is 0 Å². The van der Waals surface area contributed by atoms with Gasteiger partial charge in [0.05, 0.1) is 5.78 Å². The van der Waals surface area contributed by atoms with Crippen LogP contribution in [0.5, 0.6) is 0 Å². The Morgan fingerprint density at radius 1 is 0.375 bits per heavy atom. The van der Waals surface area contributed by atoms with Gasteiger partial charge in [-0.2, -0.15) is 0 Å². The molecule has 0 spiro atoms. The van der Waals surface area contributed by atoms with E-state index in [0.717, 1.165) is 0 Å². The molecule has 3 heteroatoms. The summed E-state index contributed by atoms with van der Waals surface area (Å²) < 4.78 is 0. The summed E-state index contributed by atoms with van der Waals surface area (Å²) in [4.78, 5) is 0. The molecule has 0 aliphatic heterocycles. The van der Waals surface area contributed by atoms with Gasteiger partial charge in [-0.05, 0) is 48.7 Å². The van der Waals surface area contributed by atoms with Crippen molar-refractivity contribution in [3.8, 4) is 0 Å². The third kappa shape index (κ3) is 5.93. The highest BCUT2D eigenvalue weighted by molar-refractivity contribution is 7.80. The largest absolute Gasteiger partial charge is 0.373 e. The first-order valence-electron chi connectivity index (χ1n) is 13.6. The molecule has 1 N–H and O–H groups in total. The molecule has 0 aromatic heterocycles. The topological polar surface area (TPSA) is 12.0 Å². The zero-order valence-electron chi connectivity index (χ0n) is 22.2. The first-order valence-corrected chi connectivity index (χ1v) is 16.3. The Balaban J connectivity index is 1.51. The van der Waals surface area contributed by atoms with E-state index in [-0.39, 0.29) is 5.78 Å². The van der Waals surface area contributed by atoms with E-state index in [2.05, 4.69) is 181 Å². The summed E-state index contributed by atoms with van der Waals surface area (Å²) in [5.74, 6) is 0.0885. The quantitative estimate of drug-likeness (QED) is 0.182. The number of hydrogen-bond acceptors (Lipinski definition) is 1. The smallest absolute Gasteiger partial charge is 0.0793 e. The molecule has 1 nitrogen and oxygen atoms in total. The van der Waals surface area contributed by atoms with Crippen LogP contribution in [0.3, 0.4) is 0 Å². The van der Waals surface area contributed by atoms with E-state index in [1.807, 2.05) is 0 Å². The molecule has 6 aromatic rings. The Hall–Kier alpha value is -4.02. The Morgan fingerprint density at radius 2 is 0.750 bits per heavy atom. The van der Waals surface area contributed by atoms with E-state index in [9.17, 15) is 0 Å². The van der Waals surface area contributed by atoms with Gasteiger partial charge in [0.1, 0.15) is 0 Å². The van der Waals surface area contributed by atoms with Crippen molar-refractivity contribution in [3.05, 3.63) is 181 Å². The van der Waals surface area contributed by atoms with Crippen LogP contribution >= 0.6 is 15.8 Å². The molecule has 0 fully saturated rings. The fraction of sp³-hybridized carbons (Fsp3) is 0.0270. The van der Waals surface area contributed by atoms with Crippen LogP contribution < -0.4 is 31.8 Å². The molecule has 6 aromatic carbocycles. The van der Waals surface area contributed by atoms with Gasteiger partial charge in [0.25, 0.3) is 0 Å². The highest BCUT2D eigenvalue weighted by atomic mass is 31.1. The molecular weight excluding hydrogens is 520 g/mol. The van der Waals surface area contributed by atoms with Crippen LogP contribution in [0, 0.1) is 0 Å². The average molecular weight is 552 g/mol. The molecule has 0 radical (unpaired) electrons. The van der Waals surface area contributed by atoms with Crippen molar-refractivity contribution in [2.45, 2.75) is 5.78 Å². The SMILES string of the molecule is c1ccc(C(Nc2ccccc2P(c2ccccc2)c2ccccc2)P(c2ccccc2)c2ccccc2)cc1. The third-order valence-corrected chi connectivity index (χ3v) is 12.1. The lowest BCUT2D eigenvalue weighted by atomic mass is 10.2. The number of rotatable bonds is 9. The predicted octanol–water partition coefficient (Wildman–Crippen LogP) is 7.69. The monoisotopic (exact) mass is 551 g/mol. The summed E-state index contributed by atoms with van der Waals surface area (Å²) in [7, 11) is -1.51. The van der Waals surface area contributed by atoms with Gasteiger partial charge < -0.3 is 5.32 Å². The minimum Gasteiger partial charge on any atom is -0.373 e. The third-order valence-electron chi connectivity index (χ3n) is 6.91. The molecule has 1 atom stereocenters. The lowest BCUT2D eigenvalue weighted by Gasteiger charge is -2.32. The van der Waals surface area contributed by atoms with Gasteiger partial charge in [-0.1, -0.05) is 170 Å². The van der Waals surface area contributed by atoms with Gasteiger partial charge in [-0.3, -0.25) is 0 Å². The first kappa shape index (κ1) is 26.2. The Bertz CT molecular complexity index is 1530. The molecule has 0 amide bonds. The molecule has 194 valence electrons. The summed E-state index contributed by atoms with van der Waals surface area (Å²) in [6, 6.07) is 63.7. The lowest BCUT2D eigenvalue weighted by Crippen LogP contribution is -2.26. The predicted molar refractivity (Wildman–Crippen MR) is 177 cm³/mol. The van der Waals surface area contributed by atoms with Crippen LogP contribution in [0.15, 0.2) is 176 Å². The van der Waals surface area contributed by atoms with Crippen molar-refractivity contribution in [2.75, 3.05) is 5.32 Å². The van der Waals surface area contributed by atoms with E-state index >= 15 is 0 Å². The maximum Gasteiger partial charge on any atom is 0.0793 e. The van der Waals surface area contributed by atoms with Gasteiger partial charge in [0.2, 0.25) is 0 Å². The minimum atomic E-state index is -0.758. The molecule has 0 aliphatic rings. The van der Waals surface area contributed by atoms with Crippen molar-refractivity contribution < 1.29 is 0 Å². The van der Waals surface area contributed by atoms with E-state index in [1.165, 1.54) is 37.8 Å². The number of benzene rings is 6. The van der Waals surface area contributed by atoms with Crippen molar-refractivity contribution in [2.24, 2.45) is 0 Å². The highest BCUT2D eigenvalue weighted by Gasteiger charge is 2.28. The maximum absolute atomic E-state index is 4.13. The van der Waals surface area contributed by atoms with Gasteiger partial charge in [0, 0.05) is 11.0 Å². The fourth-order valence-electron chi connectivity index (χ4n) is 5.08. The molecule has 6 rings (SSSR count). The zero-order valence-corrected chi connectivity index (χ0v) is 24.0. The van der Waals surface area contributed by atoms with E-state index in [0.29, 0.717) is 0 Å². The average Bonchev–Trinajstić information content (AvgIpc) is 3.04. The molecule has 0 saturated carbocycles. The van der Waals surface area contributed by atoms with Crippen molar-refractivity contribution >= 4 is 48.1 Å². The molecule has 0 aliphatic carbocycles. The van der Waals surface area contributed by atoms with E-state index < -0.39 is 15.8 Å². The second-order valence-corrected chi connectivity index (χ2v) is 14.0. The van der Waals surface area contributed by atoms with Gasteiger partial charge >= 0.3 is 0 Å². The second-order valence-electron chi connectivity index (χ2n) is 9.52. The second kappa shape index (κ2) is 12.9. The standard InChI is InChI=1S/C37H31NP2/c1-6-18-30(19-7-1)37(40(33-24-12-4-13-25-33)34-26-14-5-15-27-34)38-35-28-16-17-29-36(35)39(31-20-8-2-9-21-31)32-22-10-3-11-23-32/h1-29,37-38H. The van der Waals surface area contributed by atoms with Gasteiger partial charge in [0.15, 0.2) is 0 Å².